The number of hydrogen-bond donors (Lipinski definition) is 1. The van der Waals surface area contributed by atoms with Crippen LogP contribution in [0.3, 0.4) is 0 Å². The Balaban J connectivity index is 1.96. The van der Waals surface area contributed by atoms with Crippen LogP contribution in [0.15, 0.2) is 23.0 Å². The Labute approximate surface area is 97.6 Å². The first kappa shape index (κ1) is 11.7. The molecular formula is C13H22N2O. The van der Waals surface area contributed by atoms with Gasteiger partial charge in [0.15, 0.2) is 0 Å². The molecule has 0 radical (unpaired) electrons. The summed E-state index contributed by atoms with van der Waals surface area (Å²) in [5, 5.41) is 0. The highest BCUT2D eigenvalue weighted by atomic mass is 16.3. The first-order valence-corrected chi connectivity index (χ1v) is 6.06. The molecule has 1 aromatic heterocycles. The Morgan fingerprint density at radius 3 is 2.81 bits per heavy atom. The molecule has 3 heteroatoms. The van der Waals surface area contributed by atoms with E-state index in [-0.39, 0.29) is 5.54 Å². The van der Waals surface area contributed by atoms with E-state index in [4.69, 9.17) is 10.2 Å². The molecule has 2 N–H and O–H groups in total. The summed E-state index contributed by atoms with van der Waals surface area (Å²) in [6, 6.07) is 2.02. The Hall–Kier alpha value is -0.800. The van der Waals surface area contributed by atoms with Gasteiger partial charge in [0, 0.05) is 24.2 Å². The lowest BCUT2D eigenvalue weighted by molar-refractivity contribution is 0.119. The van der Waals surface area contributed by atoms with E-state index < -0.39 is 0 Å². The van der Waals surface area contributed by atoms with E-state index in [1.54, 1.807) is 6.26 Å². The van der Waals surface area contributed by atoms with Gasteiger partial charge >= 0.3 is 0 Å². The van der Waals surface area contributed by atoms with Crippen LogP contribution in [0.2, 0.25) is 0 Å². The summed E-state index contributed by atoms with van der Waals surface area (Å²) in [4.78, 5) is 2.36. The Morgan fingerprint density at radius 1 is 1.56 bits per heavy atom. The summed E-state index contributed by atoms with van der Waals surface area (Å²) in [5.74, 6) is 0.903. The molecule has 0 amide bonds. The van der Waals surface area contributed by atoms with Crippen LogP contribution in [0.25, 0.3) is 0 Å². The fourth-order valence-electron chi connectivity index (χ4n) is 2.19. The van der Waals surface area contributed by atoms with Crippen molar-refractivity contribution < 1.29 is 4.42 Å². The topological polar surface area (TPSA) is 42.4 Å². The molecule has 0 saturated heterocycles. The first-order valence-electron chi connectivity index (χ1n) is 6.06. The van der Waals surface area contributed by atoms with Crippen LogP contribution in [0.4, 0.5) is 0 Å². The van der Waals surface area contributed by atoms with Gasteiger partial charge in [-0.1, -0.05) is 12.8 Å². The van der Waals surface area contributed by atoms with Crippen LogP contribution >= 0.6 is 0 Å². The predicted octanol–water partition coefficient (Wildman–Crippen LogP) is 2.23. The fourth-order valence-corrected chi connectivity index (χ4v) is 2.19. The van der Waals surface area contributed by atoms with Crippen molar-refractivity contribution in [3.63, 3.8) is 0 Å². The van der Waals surface area contributed by atoms with Crippen molar-refractivity contribution in [1.29, 1.82) is 0 Å². The minimum Gasteiger partial charge on any atom is -0.472 e. The molecule has 1 atom stereocenters. The molecule has 1 aromatic rings. The molecule has 1 unspecified atom stereocenters. The zero-order chi connectivity index (χ0) is 11.6. The van der Waals surface area contributed by atoms with E-state index in [1.165, 1.54) is 24.8 Å². The van der Waals surface area contributed by atoms with Gasteiger partial charge in [0.2, 0.25) is 0 Å². The quantitative estimate of drug-likeness (QED) is 0.802. The van der Waals surface area contributed by atoms with Crippen molar-refractivity contribution in [2.75, 3.05) is 13.6 Å². The van der Waals surface area contributed by atoms with E-state index in [9.17, 15) is 0 Å². The second-order valence-corrected chi connectivity index (χ2v) is 5.34. The molecule has 0 spiro atoms. The van der Waals surface area contributed by atoms with E-state index in [0.29, 0.717) is 0 Å². The highest BCUT2D eigenvalue weighted by Gasteiger charge is 2.35. The Kier molecular flexibility index (Phi) is 3.36. The maximum absolute atomic E-state index is 5.95. The first-order chi connectivity index (χ1) is 7.64. The Morgan fingerprint density at radius 2 is 2.31 bits per heavy atom. The van der Waals surface area contributed by atoms with E-state index in [2.05, 4.69) is 18.9 Å². The average molecular weight is 222 g/mol. The minimum atomic E-state index is 0.123. The molecule has 1 fully saturated rings. The van der Waals surface area contributed by atoms with Crippen molar-refractivity contribution in [2.24, 2.45) is 11.7 Å². The molecule has 90 valence electrons. The van der Waals surface area contributed by atoms with Crippen LogP contribution in [0.5, 0.6) is 0 Å². The predicted molar refractivity (Wildman–Crippen MR) is 65.0 cm³/mol. The monoisotopic (exact) mass is 222 g/mol. The summed E-state index contributed by atoms with van der Waals surface area (Å²) in [6.07, 6.45) is 7.52. The Bertz CT molecular complexity index is 319. The molecule has 1 aliphatic rings. The van der Waals surface area contributed by atoms with E-state index in [0.717, 1.165) is 19.0 Å². The normalized spacial score (nSPS) is 20.0. The second-order valence-electron chi connectivity index (χ2n) is 5.34. The molecule has 16 heavy (non-hydrogen) atoms. The molecular weight excluding hydrogens is 200 g/mol. The number of hydrogen-bond acceptors (Lipinski definition) is 3. The fraction of sp³-hybridized carbons (Fsp3) is 0.692. The number of nitrogens with two attached hydrogens (primary N) is 1. The number of likely N-dealkylation sites (N-methyl/N-ethyl adjacent to an activating group) is 1. The second kappa shape index (κ2) is 4.60. The third kappa shape index (κ3) is 2.66. The number of nitrogens with zero attached hydrogens (tertiary/aromatic N) is 1. The van der Waals surface area contributed by atoms with Gasteiger partial charge < -0.3 is 10.2 Å². The van der Waals surface area contributed by atoms with Gasteiger partial charge in [-0.3, -0.25) is 4.90 Å². The van der Waals surface area contributed by atoms with Crippen molar-refractivity contribution in [2.45, 2.75) is 38.3 Å². The summed E-state index contributed by atoms with van der Waals surface area (Å²) >= 11 is 0. The van der Waals surface area contributed by atoms with Crippen molar-refractivity contribution in [3.05, 3.63) is 24.2 Å². The number of furan rings is 1. The van der Waals surface area contributed by atoms with E-state index in [1.807, 2.05) is 12.3 Å². The molecule has 0 bridgehead atoms. The van der Waals surface area contributed by atoms with Crippen LogP contribution in [0, 0.1) is 5.92 Å². The summed E-state index contributed by atoms with van der Waals surface area (Å²) in [7, 11) is 2.15. The molecule has 1 heterocycles. The molecule has 3 nitrogen and oxygen atoms in total. The highest BCUT2D eigenvalue weighted by molar-refractivity contribution is 5.06. The van der Waals surface area contributed by atoms with Gasteiger partial charge in [-0.25, -0.2) is 0 Å². The zero-order valence-corrected chi connectivity index (χ0v) is 10.3. The zero-order valence-electron chi connectivity index (χ0n) is 10.3. The van der Waals surface area contributed by atoms with Gasteiger partial charge in [-0.15, -0.1) is 0 Å². The minimum absolute atomic E-state index is 0.123. The van der Waals surface area contributed by atoms with Crippen molar-refractivity contribution in [1.82, 2.24) is 4.90 Å². The maximum Gasteiger partial charge on any atom is 0.0947 e. The summed E-state index contributed by atoms with van der Waals surface area (Å²) < 4.78 is 5.10. The third-order valence-corrected chi connectivity index (χ3v) is 3.79. The molecule has 0 aliphatic heterocycles. The van der Waals surface area contributed by atoms with Gasteiger partial charge in [0.1, 0.15) is 0 Å². The average Bonchev–Trinajstić information content (AvgIpc) is 2.92. The molecule has 1 saturated carbocycles. The highest BCUT2D eigenvalue weighted by Crippen LogP contribution is 2.38. The van der Waals surface area contributed by atoms with Crippen LogP contribution in [0.1, 0.15) is 31.7 Å². The number of rotatable bonds is 6. The molecule has 1 aliphatic carbocycles. The summed E-state index contributed by atoms with van der Waals surface area (Å²) in [6.45, 7) is 3.90. The van der Waals surface area contributed by atoms with E-state index >= 15 is 0 Å². The van der Waals surface area contributed by atoms with Crippen molar-refractivity contribution in [3.8, 4) is 0 Å². The SMILES string of the molecule is CN(Cc1ccoc1)C(C)(CN)CC1CC1. The summed E-state index contributed by atoms with van der Waals surface area (Å²) in [5.41, 5.74) is 7.29. The van der Waals surface area contributed by atoms with Gasteiger partial charge in [0.05, 0.1) is 12.5 Å². The van der Waals surface area contributed by atoms with Crippen molar-refractivity contribution >= 4 is 0 Å². The standard InChI is InChI=1S/C13H22N2O/c1-13(10-14,7-11-3-4-11)15(2)8-12-5-6-16-9-12/h5-6,9,11H,3-4,7-8,10,14H2,1-2H3. The molecule has 0 aromatic carbocycles. The smallest absolute Gasteiger partial charge is 0.0947 e. The lowest BCUT2D eigenvalue weighted by Crippen LogP contribution is -2.49. The van der Waals surface area contributed by atoms with Crippen LogP contribution in [-0.2, 0) is 6.54 Å². The van der Waals surface area contributed by atoms with Crippen LogP contribution < -0.4 is 5.73 Å². The van der Waals surface area contributed by atoms with Gasteiger partial charge in [-0.05, 0) is 32.4 Å². The maximum atomic E-state index is 5.95. The third-order valence-electron chi connectivity index (χ3n) is 3.79. The molecule has 2 rings (SSSR count). The lowest BCUT2D eigenvalue weighted by atomic mass is 9.92. The lowest BCUT2D eigenvalue weighted by Gasteiger charge is -2.38. The van der Waals surface area contributed by atoms with Crippen LogP contribution in [-0.4, -0.2) is 24.0 Å². The largest absolute Gasteiger partial charge is 0.472 e. The van der Waals surface area contributed by atoms with Gasteiger partial charge in [-0.2, -0.15) is 0 Å². The van der Waals surface area contributed by atoms with Gasteiger partial charge in [0.25, 0.3) is 0 Å².